The average Bonchev–Trinajstić information content (AvgIpc) is 2.74. The molecule has 0 aliphatic carbocycles. The zero-order valence-corrected chi connectivity index (χ0v) is 21.2. The molecule has 0 bridgehead atoms. The predicted molar refractivity (Wildman–Crippen MR) is 133 cm³/mol. The standard InChI is InChI=1S/C23H31N3O.C3H6.V.2H2/c1-5-6-22(24-4)23-17(2)15-20(25-18(23)3)16-19-7-9-21(10-8-19)26-11-13-27-14-12-26;1-3-2;;;/h7-10,15H,5-6,11-14,16H2,1-4H3;3H,1H2,2H3;;2*1H. The molecule has 1 fully saturated rings. The fourth-order valence-corrected chi connectivity index (χ4v) is 3.88. The Bertz CT molecular complexity index is 828. The number of aryl methyl sites for hydroxylation is 2. The summed E-state index contributed by atoms with van der Waals surface area (Å²) in [5.41, 5.74) is 8.46. The first-order chi connectivity index (χ1) is 14.5. The van der Waals surface area contributed by atoms with E-state index in [-0.39, 0.29) is 21.4 Å². The maximum Gasteiger partial charge on any atom is 0.0642 e. The van der Waals surface area contributed by atoms with Gasteiger partial charge in [0, 0.05) is 76.3 Å². The van der Waals surface area contributed by atoms with Gasteiger partial charge in [-0.05, 0) is 56.5 Å². The normalized spacial score (nSPS) is 13.7. The van der Waals surface area contributed by atoms with Crippen LogP contribution in [0.25, 0.3) is 0 Å². The minimum Gasteiger partial charge on any atom is -0.378 e. The van der Waals surface area contributed by atoms with E-state index in [0.717, 1.165) is 57.0 Å². The van der Waals surface area contributed by atoms with Crippen LogP contribution in [-0.2, 0) is 29.7 Å². The molecule has 1 aliphatic rings. The van der Waals surface area contributed by atoms with Crippen LogP contribution in [0.5, 0.6) is 0 Å². The minimum absolute atomic E-state index is 0. The molecule has 0 unspecified atom stereocenters. The van der Waals surface area contributed by atoms with E-state index in [1.165, 1.54) is 28.1 Å². The van der Waals surface area contributed by atoms with Crippen molar-refractivity contribution in [1.82, 2.24) is 4.98 Å². The topological polar surface area (TPSA) is 37.7 Å². The smallest absolute Gasteiger partial charge is 0.0642 e. The number of hydrogen-bond acceptors (Lipinski definition) is 4. The summed E-state index contributed by atoms with van der Waals surface area (Å²) >= 11 is 0. The maximum atomic E-state index is 5.44. The van der Waals surface area contributed by atoms with Crippen LogP contribution in [0.15, 0.2) is 48.0 Å². The molecule has 0 atom stereocenters. The van der Waals surface area contributed by atoms with E-state index >= 15 is 0 Å². The molecule has 2 aromatic rings. The number of aliphatic imine (C=N–C) groups is 1. The molecular weight excluding hydrogens is 421 g/mol. The molecule has 171 valence electrons. The molecule has 1 aromatic heterocycles. The average molecular weight is 463 g/mol. The van der Waals surface area contributed by atoms with Crippen molar-refractivity contribution < 1.29 is 26.1 Å². The third-order valence-electron chi connectivity index (χ3n) is 5.19. The summed E-state index contributed by atoms with van der Waals surface area (Å²) in [6.07, 6.45) is 4.71. The van der Waals surface area contributed by atoms with Gasteiger partial charge in [0.05, 0.1) is 13.2 Å². The van der Waals surface area contributed by atoms with Crippen LogP contribution in [-0.4, -0.2) is 44.0 Å². The van der Waals surface area contributed by atoms with Crippen molar-refractivity contribution in [3.05, 3.63) is 71.1 Å². The van der Waals surface area contributed by atoms with Gasteiger partial charge in [-0.25, -0.2) is 0 Å². The summed E-state index contributed by atoms with van der Waals surface area (Å²) in [6.45, 7) is 15.3. The molecular formula is C26H41N3OV. The van der Waals surface area contributed by atoms with Crippen LogP contribution in [0, 0.1) is 13.8 Å². The van der Waals surface area contributed by atoms with E-state index in [0.29, 0.717) is 0 Å². The Morgan fingerprint density at radius 2 is 1.84 bits per heavy atom. The second-order valence-corrected chi connectivity index (χ2v) is 7.66. The van der Waals surface area contributed by atoms with Gasteiger partial charge in [0.1, 0.15) is 0 Å². The van der Waals surface area contributed by atoms with Gasteiger partial charge < -0.3 is 9.64 Å². The van der Waals surface area contributed by atoms with Gasteiger partial charge >= 0.3 is 0 Å². The van der Waals surface area contributed by atoms with Crippen molar-refractivity contribution in [3.8, 4) is 0 Å². The number of benzene rings is 1. The van der Waals surface area contributed by atoms with E-state index in [2.05, 4.69) is 67.6 Å². The van der Waals surface area contributed by atoms with Crippen molar-refractivity contribution in [2.45, 2.75) is 47.0 Å². The largest absolute Gasteiger partial charge is 0.378 e. The molecule has 0 spiro atoms. The molecule has 1 radical (unpaired) electrons. The fraction of sp³-hybridized carbons (Fsp3) is 0.462. The van der Waals surface area contributed by atoms with Crippen LogP contribution in [0.4, 0.5) is 5.69 Å². The number of ether oxygens (including phenoxy) is 1. The zero-order chi connectivity index (χ0) is 21.9. The van der Waals surface area contributed by atoms with Crippen LogP contribution in [0.2, 0.25) is 0 Å². The molecule has 5 heteroatoms. The summed E-state index contributed by atoms with van der Waals surface area (Å²) in [5, 5.41) is 0. The first-order valence-corrected chi connectivity index (χ1v) is 11.0. The molecule has 1 saturated heterocycles. The Hall–Kier alpha value is -1.88. The molecule has 4 nitrogen and oxygen atoms in total. The molecule has 0 amide bonds. The Morgan fingerprint density at radius 1 is 1.23 bits per heavy atom. The number of anilines is 1. The second kappa shape index (κ2) is 14.2. The number of nitrogens with zero attached hydrogens (tertiary/aromatic N) is 3. The molecule has 1 aliphatic heterocycles. The predicted octanol–water partition coefficient (Wildman–Crippen LogP) is 6.03. The fourth-order valence-electron chi connectivity index (χ4n) is 3.88. The Morgan fingerprint density at radius 3 is 2.35 bits per heavy atom. The van der Waals surface area contributed by atoms with Gasteiger partial charge in [0.15, 0.2) is 0 Å². The molecule has 1 aromatic carbocycles. The molecule has 0 saturated carbocycles. The van der Waals surface area contributed by atoms with Gasteiger partial charge in [-0.3, -0.25) is 9.98 Å². The summed E-state index contributed by atoms with van der Waals surface area (Å²) < 4.78 is 5.44. The Labute approximate surface area is 203 Å². The van der Waals surface area contributed by atoms with Crippen LogP contribution in [0.1, 0.15) is 57.6 Å². The first kappa shape index (κ1) is 27.2. The van der Waals surface area contributed by atoms with Crippen LogP contribution in [0.3, 0.4) is 0 Å². The molecule has 0 N–H and O–H groups in total. The van der Waals surface area contributed by atoms with Gasteiger partial charge in [-0.2, -0.15) is 0 Å². The number of pyridine rings is 1. The van der Waals surface area contributed by atoms with Crippen molar-refractivity contribution >= 4 is 11.4 Å². The van der Waals surface area contributed by atoms with Crippen LogP contribution >= 0.6 is 0 Å². The summed E-state index contributed by atoms with van der Waals surface area (Å²) in [4.78, 5) is 11.8. The number of rotatable bonds is 6. The van der Waals surface area contributed by atoms with Gasteiger partial charge in [-0.1, -0.05) is 31.6 Å². The third-order valence-corrected chi connectivity index (χ3v) is 5.19. The van der Waals surface area contributed by atoms with E-state index in [4.69, 9.17) is 9.72 Å². The maximum absolute atomic E-state index is 5.44. The molecule has 2 heterocycles. The van der Waals surface area contributed by atoms with Gasteiger partial charge in [-0.15, -0.1) is 6.58 Å². The quantitative estimate of drug-likeness (QED) is 0.389. The number of hydrogen-bond donors (Lipinski definition) is 0. The van der Waals surface area contributed by atoms with Gasteiger partial charge in [0.25, 0.3) is 0 Å². The molecule has 3 rings (SSSR count). The van der Waals surface area contributed by atoms with Crippen molar-refractivity contribution in [2.75, 3.05) is 38.3 Å². The summed E-state index contributed by atoms with van der Waals surface area (Å²) in [5.74, 6) is 0. The van der Waals surface area contributed by atoms with Crippen molar-refractivity contribution in [2.24, 2.45) is 4.99 Å². The minimum atomic E-state index is 0. The number of morpholine rings is 1. The SMILES string of the molecule is C=CC.CCCC(=NC)c1c(C)cc(Cc2ccc(N3CCOCC3)cc2)nc1C.[HH].[HH].[V]. The third kappa shape index (κ3) is 7.95. The molecule has 31 heavy (non-hydrogen) atoms. The van der Waals surface area contributed by atoms with Crippen molar-refractivity contribution in [3.63, 3.8) is 0 Å². The summed E-state index contributed by atoms with van der Waals surface area (Å²) in [6, 6.07) is 11.1. The van der Waals surface area contributed by atoms with E-state index in [9.17, 15) is 0 Å². The number of aromatic nitrogens is 1. The second-order valence-electron chi connectivity index (χ2n) is 7.66. The van der Waals surface area contributed by atoms with E-state index in [1.807, 2.05) is 14.0 Å². The van der Waals surface area contributed by atoms with Crippen LogP contribution < -0.4 is 4.90 Å². The van der Waals surface area contributed by atoms with Crippen molar-refractivity contribution in [1.29, 1.82) is 0 Å². The monoisotopic (exact) mass is 462 g/mol. The summed E-state index contributed by atoms with van der Waals surface area (Å²) in [7, 11) is 1.88. The van der Waals surface area contributed by atoms with E-state index in [1.54, 1.807) is 6.08 Å². The zero-order valence-electron chi connectivity index (χ0n) is 19.8. The van der Waals surface area contributed by atoms with E-state index < -0.39 is 0 Å². The number of allylic oxidation sites excluding steroid dienone is 1. The Kier molecular flexibility index (Phi) is 12.5. The first-order valence-electron chi connectivity index (χ1n) is 11.0. The Balaban J connectivity index is 0. The van der Waals surface area contributed by atoms with Gasteiger partial charge in [0.2, 0.25) is 0 Å².